The molecule has 8 heteroatoms. The van der Waals surface area contributed by atoms with Crippen molar-refractivity contribution in [1.29, 1.82) is 0 Å². The van der Waals surface area contributed by atoms with Crippen LogP contribution in [0.2, 0.25) is 5.15 Å². The molecule has 0 aliphatic rings. The summed E-state index contributed by atoms with van der Waals surface area (Å²) >= 11 is 6.07. The lowest BCUT2D eigenvalue weighted by molar-refractivity contribution is 0.0958. The summed E-state index contributed by atoms with van der Waals surface area (Å²) in [6.07, 6.45) is 2.87. The molecule has 0 aromatic carbocycles. The number of hydrogen-bond acceptors (Lipinski definition) is 6. The standard InChI is InChI=1S/C14H16ClN5O2/c1-8(2)10-11(15)17-7-18-12(10)19-20-13(21)9-5-4-6-16-14(9)22-3/h4-8H,1-3H3,(H,20,21)(H,17,18,19). The second kappa shape index (κ2) is 7.04. The zero-order chi connectivity index (χ0) is 16.1. The lowest BCUT2D eigenvalue weighted by Gasteiger charge is -2.15. The molecular weight excluding hydrogens is 306 g/mol. The van der Waals surface area contributed by atoms with Gasteiger partial charge in [-0.25, -0.2) is 15.0 Å². The van der Waals surface area contributed by atoms with Crippen LogP contribution in [0, 0.1) is 0 Å². The van der Waals surface area contributed by atoms with Crippen LogP contribution in [0.1, 0.15) is 35.7 Å². The van der Waals surface area contributed by atoms with Crippen molar-refractivity contribution >= 4 is 23.3 Å². The minimum atomic E-state index is -0.394. The molecule has 7 nitrogen and oxygen atoms in total. The van der Waals surface area contributed by atoms with Gasteiger partial charge in [-0.2, -0.15) is 0 Å². The Morgan fingerprint density at radius 1 is 1.32 bits per heavy atom. The van der Waals surface area contributed by atoms with Crippen molar-refractivity contribution in [3.63, 3.8) is 0 Å². The molecule has 0 aliphatic carbocycles. The number of methoxy groups -OCH3 is 1. The number of nitrogens with one attached hydrogen (secondary N) is 2. The summed E-state index contributed by atoms with van der Waals surface area (Å²) in [5.74, 6) is 0.397. The molecule has 0 saturated heterocycles. The molecule has 22 heavy (non-hydrogen) atoms. The van der Waals surface area contributed by atoms with Gasteiger partial charge >= 0.3 is 0 Å². The summed E-state index contributed by atoms with van der Waals surface area (Å²) in [6.45, 7) is 3.92. The maximum Gasteiger partial charge on any atom is 0.275 e. The highest BCUT2D eigenvalue weighted by atomic mass is 35.5. The molecule has 1 amide bonds. The predicted octanol–water partition coefficient (Wildman–Crippen LogP) is 2.41. The highest BCUT2D eigenvalue weighted by Gasteiger charge is 2.16. The van der Waals surface area contributed by atoms with Gasteiger partial charge in [-0.15, -0.1) is 0 Å². The Morgan fingerprint density at radius 2 is 2.09 bits per heavy atom. The van der Waals surface area contributed by atoms with E-state index < -0.39 is 5.91 Å². The van der Waals surface area contributed by atoms with Gasteiger partial charge in [0.15, 0.2) is 5.82 Å². The third-order valence-corrected chi connectivity index (χ3v) is 3.22. The van der Waals surface area contributed by atoms with Gasteiger partial charge in [0.2, 0.25) is 5.88 Å². The fourth-order valence-electron chi connectivity index (χ4n) is 1.89. The van der Waals surface area contributed by atoms with Crippen molar-refractivity contribution in [2.45, 2.75) is 19.8 Å². The Hall–Kier alpha value is -2.41. The summed E-state index contributed by atoms with van der Waals surface area (Å²) < 4.78 is 5.05. The van der Waals surface area contributed by atoms with Crippen LogP contribution in [0.15, 0.2) is 24.7 Å². The van der Waals surface area contributed by atoms with Crippen LogP contribution in [-0.4, -0.2) is 28.0 Å². The van der Waals surface area contributed by atoms with Gasteiger partial charge in [-0.3, -0.25) is 15.6 Å². The monoisotopic (exact) mass is 321 g/mol. The van der Waals surface area contributed by atoms with Crippen molar-refractivity contribution in [2.75, 3.05) is 12.5 Å². The van der Waals surface area contributed by atoms with E-state index in [1.54, 1.807) is 18.3 Å². The van der Waals surface area contributed by atoms with E-state index in [2.05, 4.69) is 25.8 Å². The first-order valence-electron chi connectivity index (χ1n) is 6.60. The summed E-state index contributed by atoms with van der Waals surface area (Å²) in [6, 6.07) is 3.26. The molecule has 0 unspecified atom stereocenters. The van der Waals surface area contributed by atoms with E-state index in [-0.39, 0.29) is 11.8 Å². The van der Waals surface area contributed by atoms with Crippen LogP contribution < -0.4 is 15.6 Å². The smallest absolute Gasteiger partial charge is 0.275 e. The second-order valence-corrected chi connectivity index (χ2v) is 5.08. The summed E-state index contributed by atoms with van der Waals surface area (Å²) in [4.78, 5) is 24.2. The highest BCUT2D eigenvalue weighted by molar-refractivity contribution is 6.30. The van der Waals surface area contributed by atoms with Crippen LogP contribution in [0.25, 0.3) is 0 Å². The van der Waals surface area contributed by atoms with Gasteiger partial charge in [0.1, 0.15) is 17.0 Å². The lowest BCUT2D eigenvalue weighted by atomic mass is 10.1. The highest BCUT2D eigenvalue weighted by Crippen LogP contribution is 2.27. The Labute approximate surface area is 133 Å². The van der Waals surface area contributed by atoms with Gasteiger partial charge in [-0.1, -0.05) is 25.4 Å². The number of hydrazine groups is 1. The van der Waals surface area contributed by atoms with E-state index in [1.165, 1.54) is 13.4 Å². The average Bonchev–Trinajstić information content (AvgIpc) is 2.52. The zero-order valence-corrected chi connectivity index (χ0v) is 13.2. The van der Waals surface area contributed by atoms with Crippen molar-refractivity contribution in [3.05, 3.63) is 40.9 Å². The van der Waals surface area contributed by atoms with Gasteiger partial charge in [0.05, 0.1) is 7.11 Å². The molecule has 0 spiro atoms. The molecule has 0 radical (unpaired) electrons. The maximum atomic E-state index is 12.2. The Balaban J connectivity index is 2.17. The van der Waals surface area contributed by atoms with E-state index in [9.17, 15) is 4.79 Å². The summed E-state index contributed by atoms with van der Waals surface area (Å²) in [5.41, 5.74) is 6.35. The number of nitrogens with zero attached hydrogens (tertiary/aromatic N) is 3. The van der Waals surface area contributed by atoms with Crippen molar-refractivity contribution < 1.29 is 9.53 Å². The van der Waals surface area contributed by atoms with Crippen LogP contribution >= 0.6 is 11.6 Å². The number of halogens is 1. The van der Waals surface area contributed by atoms with E-state index in [0.717, 1.165) is 5.56 Å². The predicted molar refractivity (Wildman–Crippen MR) is 83.0 cm³/mol. The maximum absolute atomic E-state index is 12.2. The molecular formula is C14H16ClN5O2. The van der Waals surface area contributed by atoms with E-state index in [1.807, 2.05) is 13.8 Å². The van der Waals surface area contributed by atoms with E-state index in [0.29, 0.717) is 16.5 Å². The molecule has 0 bridgehead atoms. The number of anilines is 1. The average molecular weight is 322 g/mol. The molecule has 2 heterocycles. The number of pyridine rings is 1. The number of carbonyl (C=O) groups is 1. The van der Waals surface area contributed by atoms with Crippen molar-refractivity contribution in [1.82, 2.24) is 20.4 Å². The van der Waals surface area contributed by atoms with Crippen LogP contribution in [0.5, 0.6) is 5.88 Å². The van der Waals surface area contributed by atoms with Gasteiger partial charge in [0.25, 0.3) is 5.91 Å². The molecule has 0 atom stereocenters. The van der Waals surface area contributed by atoms with Gasteiger partial charge in [0, 0.05) is 11.8 Å². The Morgan fingerprint density at radius 3 is 2.77 bits per heavy atom. The SMILES string of the molecule is COc1ncccc1C(=O)NNc1ncnc(Cl)c1C(C)C. The second-order valence-electron chi connectivity index (χ2n) is 4.72. The minimum absolute atomic E-state index is 0.0982. The molecule has 116 valence electrons. The largest absolute Gasteiger partial charge is 0.480 e. The summed E-state index contributed by atoms with van der Waals surface area (Å²) in [5, 5.41) is 0.348. The van der Waals surface area contributed by atoms with Gasteiger partial charge in [-0.05, 0) is 18.1 Å². The summed E-state index contributed by atoms with van der Waals surface area (Å²) in [7, 11) is 1.45. The molecule has 2 rings (SSSR count). The molecule has 2 aromatic heterocycles. The number of aromatic nitrogens is 3. The number of ether oxygens (including phenoxy) is 1. The van der Waals surface area contributed by atoms with E-state index in [4.69, 9.17) is 16.3 Å². The lowest BCUT2D eigenvalue weighted by Crippen LogP contribution is -2.31. The van der Waals surface area contributed by atoms with Crippen LogP contribution in [0.3, 0.4) is 0 Å². The number of hydrogen-bond donors (Lipinski definition) is 2. The molecule has 0 saturated carbocycles. The van der Waals surface area contributed by atoms with Gasteiger partial charge < -0.3 is 4.74 Å². The third-order valence-electron chi connectivity index (χ3n) is 2.92. The molecule has 0 aliphatic heterocycles. The quantitative estimate of drug-likeness (QED) is 0.649. The number of rotatable bonds is 5. The number of amides is 1. The fourth-order valence-corrected chi connectivity index (χ4v) is 2.25. The number of carbonyl (C=O) groups excluding carboxylic acids is 1. The molecule has 0 fully saturated rings. The Kier molecular flexibility index (Phi) is 5.11. The fraction of sp³-hybridized carbons (Fsp3) is 0.286. The third kappa shape index (κ3) is 3.43. The minimum Gasteiger partial charge on any atom is -0.480 e. The Bertz CT molecular complexity index is 678. The van der Waals surface area contributed by atoms with Crippen molar-refractivity contribution in [3.8, 4) is 5.88 Å². The van der Waals surface area contributed by atoms with E-state index >= 15 is 0 Å². The molecule has 2 N–H and O–H groups in total. The molecule has 2 aromatic rings. The zero-order valence-electron chi connectivity index (χ0n) is 12.4. The topological polar surface area (TPSA) is 89.0 Å². The van der Waals surface area contributed by atoms with Crippen LogP contribution in [0.4, 0.5) is 5.82 Å². The van der Waals surface area contributed by atoms with Crippen molar-refractivity contribution in [2.24, 2.45) is 0 Å². The normalized spacial score (nSPS) is 10.4. The first-order valence-corrected chi connectivity index (χ1v) is 6.98. The van der Waals surface area contributed by atoms with Crippen LogP contribution in [-0.2, 0) is 0 Å². The first kappa shape index (κ1) is 16.0. The first-order chi connectivity index (χ1) is 10.5.